The number of piperazine rings is 1. The lowest BCUT2D eigenvalue weighted by Crippen LogP contribution is -2.49. The zero-order valence-corrected chi connectivity index (χ0v) is 13.2. The number of rotatable bonds is 1. The summed E-state index contributed by atoms with van der Waals surface area (Å²) in [6.45, 7) is 7.60. The predicted molar refractivity (Wildman–Crippen MR) is 83.7 cm³/mol. The third kappa shape index (κ3) is 3.22. The Kier molecular flexibility index (Phi) is 3.78. The Morgan fingerprint density at radius 3 is 2.95 bits per heavy atom. The molecule has 0 spiro atoms. The summed E-state index contributed by atoms with van der Waals surface area (Å²) in [5.41, 5.74) is 1.38. The Balaban J connectivity index is 1.74. The van der Waals surface area contributed by atoms with Gasteiger partial charge < -0.3 is 19.4 Å². The van der Waals surface area contributed by atoms with Gasteiger partial charge in [-0.05, 0) is 32.9 Å². The molecule has 0 radical (unpaired) electrons. The second-order valence-corrected chi connectivity index (χ2v) is 6.56. The number of ether oxygens (including phenoxy) is 1. The largest absolute Gasteiger partial charge is 0.444 e. The molecule has 0 aliphatic carbocycles. The molecule has 1 fully saturated rings. The fraction of sp³-hybridized carbons (Fsp3) is 0.500. The number of hydrogen-bond acceptors (Lipinski definition) is 4. The molecule has 1 unspecified atom stereocenters. The van der Waals surface area contributed by atoms with Crippen LogP contribution in [0, 0.1) is 0 Å². The number of amides is 1. The number of pyridine rings is 1. The van der Waals surface area contributed by atoms with Gasteiger partial charge in [0.2, 0.25) is 0 Å². The van der Waals surface area contributed by atoms with E-state index in [1.165, 1.54) is 0 Å². The first-order valence-corrected chi connectivity index (χ1v) is 7.57. The van der Waals surface area contributed by atoms with E-state index in [-0.39, 0.29) is 12.1 Å². The third-order valence-corrected chi connectivity index (χ3v) is 3.57. The molecule has 1 saturated heterocycles. The summed E-state index contributed by atoms with van der Waals surface area (Å²) in [6.07, 6.45) is 3.72. The predicted octanol–water partition coefficient (Wildman–Crippen LogP) is 2.22. The van der Waals surface area contributed by atoms with Crippen LogP contribution >= 0.6 is 0 Å². The summed E-state index contributed by atoms with van der Waals surface area (Å²) in [5.74, 6) is 0. The first-order valence-electron chi connectivity index (χ1n) is 7.57. The highest BCUT2D eigenvalue weighted by molar-refractivity contribution is 5.68. The number of nitrogens with one attached hydrogen (secondary N) is 1. The van der Waals surface area contributed by atoms with E-state index >= 15 is 0 Å². The highest BCUT2D eigenvalue weighted by Gasteiger charge is 2.29. The molecule has 6 nitrogen and oxygen atoms in total. The van der Waals surface area contributed by atoms with E-state index in [0.717, 1.165) is 17.9 Å². The number of nitrogens with zero attached hydrogens (tertiary/aromatic N) is 3. The summed E-state index contributed by atoms with van der Waals surface area (Å²) in [6, 6.07) is 5.94. The van der Waals surface area contributed by atoms with Crippen molar-refractivity contribution in [3.8, 4) is 0 Å². The van der Waals surface area contributed by atoms with Crippen molar-refractivity contribution < 1.29 is 9.53 Å². The Hall–Kier alpha value is -2.08. The summed E-state index contributed by atoms with van der Waals surface area (Å²) < 4.78 is 7.44. The highest BCUT2D eigenvalue weighted by Crippen LogP contribution is 2.19. The molecular weight excluding hydrogens is 280 g/mol. The van der Waals surface area contributed by atoms with Gasteiger partial charge in [-0.25, -0.2) is 9.78 Å². The summed E-state index contributed by atoms with van der Waals surface area (Å²) in [4.78, 5) is 18.6. The van der Waals surface area contributed by atoms with E-state index in [9.17, 15) is 4.79 Å². The average Bonchev–Trinajstić information content (AvgIpc) is 2.89. The van der Waals surface area contributed by atoms with Crippen LogP contribution in [0.1, 0.15) is 32.5 Å². The molecule has 6 heteroatoms. The zero-order valence-electron chi connectivity index (χ0n) is 13.2. The topological polar surface area (TPSA) is 58.9 Å². The van der Waals surface area contributed by atoms with Gasteiger partial charge >= 0.3 is 6.09 Å². The maximum absolute atomic E-state index is 12.2. The number of carbonyl (C=O) groups excluding carboxylic acids is 1. The molecule has 1 aliphatic heterocycles. The van der Waals surface area contributed by atoms with Gasteiger partial charge in [0.05, 0.1) is 11.7 Å². The Labute approximate surface area is 130 Å². The Bertz CT molecular complexity index is 641. The van der Waals surface area contributed by atoms with Crippen LogP contribution in [0.3, 0.4) is 0 Å². The van der Waals surface area contributed by atoms with Gasteiger partial charge in [-0.2, -0.15) is 0 Å². The van der Waals surface area contributed by atoms with Crippen molar-refractivity contribution in [2.24, 2.45) is 0 Å². The van der Waals surface area contributed by atoms with Crippen LogP contribution in [-0.4, -0.2) is 45.6 Å². The molecular formula is C16H22N4O2. The van der Waals surface area contributed by atoms with E-state index in [1.54, 1.807) is 4.90 Å². The Morgan fingerprint density at radius 2 is 2.23 bits per heavy atom. The van der Waals surface area contributed by atoms with Crippen molar-refractivity contribution in [1.29, 1.82) is 0 Å². The quantitative estimate of drug-likeness (QED) is 0.877. The van der Waals surface area contributed by atoms with Crippen molar-refractivity contribution >= 4 is 11.7 Å². The van der Waals surface area contributed by atoms with E-state index in [4.69, 9.17) is 4.74 Å². The molecule has 118 valence electrons. The number of imidazole rings is 1. The van der Waals surface area contributed by atoms with Crippen molar-refractivity contribution in [2.75, 3.05) is 19.6 Å². The van der Waals surface area contributed by atoms with Gasteiger partial charge in [0.1, 0.15) is 11.2 Å². The van der Waals surface area contributed by atoms with Crippen LogP contribution in [0.4, 0.5) is 4.79 Å². The van der Waals surface area contributed by atoms with Crippen molar-refractivity contribution in [2.45, 2.75) is 32.4 Å². The number of fused-ring (bicyclic) bond motifs is 1. The fourth-order valence-corrected chi connectivity index (χ4v) is 2.56. The second-order valence-electron chi connectivity index (χ2n) is 6.56. The maximum atomic E-state index is 12.2. The lowest BCUT2D eigenvalue weighted by atomic mass is 10.1. The van der Waals surface area contributed by atoms with Crippen molar-refractivity contribution in [3.63, 3.8) is 0 Å². The molecule has 2 aromatic rings. The van der Waals surface area contributed by atoms with Crippen LogP contribution in [0.15, 0.2) is 30.6 Å². The van der Waals surface area contributed by atoms with Crippen LogP contribution in [0.5, 0.6) is 0 Å². The van der Waals surface area contributed by atoms with Gasteiger partial charge in [-0.1, -0.05) is 6.07 Å². The average molecular weight is 302 g/mol. The fourth-order valence-electron chi connectivity index (χ4n) is 2.56. The minimum atomic E-state index is -0.472. The molecule has 22 heavy (non-hydrogen) atoms. The highest BCUT2D eigenvalue weighted by atomic mass is 16.6. The SMILES string of the molecule is CC(C)(C)OC(=O)N1CCNC(c2cn3ccccc3n2)C1. The molecule has 1 N–H and O–H groups in total. The van der Waals surface area contributed by atoms with Crippen LogP contribution in [0.2, 0.25) is 0 Å². The lowest BCUT2D eigenvalue weighted by Gasteiger charge is -2.34. The van der Waals surface area contributed by atoms with Crippen molar-refractivity contribution in [1.82, 2.24) is 19.6 Å². The molecule has 1 atom stereocenters. The molecule has 2 aromatic heterocycles. The summed E-state index contributed by atoms with van der Waals surface area (Å²) >= 11 is 0. The monoisotopic (exact) mass is 302 g/mol. The van der Waals surface area contributed by atoms with Crippen LogP contribution in [-0.2, 0) is 4.74 Å². The molecule has 3 heterocycles. The molecule has 3 rings (SSSR count). The van der Waals surface area contributed by atoms with E-state index in [1.807, 2.05) is 55.8 Å². The Morgan fingerprint density at radius 1 is 1.41 bits per heavy atom. The van der Waals surface area contributed by atoms with E-state index in [2.05, 4.69) is 10.3 Å². The number of hydrogen-bond donors (Lipinski definition) is 1. The first-order chi connectivity index (χ1) is 10.4. The van der Waals surface area contributed by atoms with Crippen molar-refractivity contribution in [3.05, 3.63) is 36.3 Å². The zero-order chi connectivity index (χ0) is 15.7. The van der Waals surface area contributed by atoms with Crippen LogP contribution in [0.25, 0.3) is 5.65 Å². The van der Waals surface area contributed by atoms with Gasteiger partial charge in [0.15, 0.2) is 0 Å². The normalized spacial score (nSPS) is 19.4. The van der Waals surface area contributed by atoms with Gasteiger partial charge in [-0.3, -0.25) is 0 Å². The maximum Gasteiger partial charge on any atom is 0.410 e. The van der Waals surface area contributed by atoms with Crippen LogP contribution < -0.4 is 5.32 Å². The molecule has 1 aliphatic rings. The molecule has 0 bridgehead atoms. The summed E-state index contributed by atoms with van der Waals surface area (Å²) in [5, 5.41) is 3.42. The van der Waals surface area contributed by atoms with Gasteiger partial charge in [0, 0.05) is 32.0 Å². The standard InChI is InChI=1S/C16H22N4O2/c1-16(2,3)22-15(21)20-9-7-17-12(10-20)13-11-19-8-5-4-6-14(19)18-13/h4-6,8,11-12,17H,7,9-10H2,1-3H3. The first kappa shape index (κ1) is 14.8. The number of aromatic nitrogens is 2. The second kappa shape index (κ2) is 5.61. The smallest absolute Gasteiger partial charge is 0.410 e. The number of carbonyl (C=O) groups is 1. The van der Waals surface area contributed by atoms with Gasteiger partial charge in [-0.15, -0.1) is 0 Å². The van der Waals surface area contributed by atoms with Gasteiger partial charge in [0.25, 0.3) is 0 Å². The minimum absolute atomic E-state index is 0.0289. The van der Waals surface area contributed by atoms with E-state index in [0.29, 0.717) is 13.1 Å². The minimum Gasteiger partial charge on any atom is -0.444 e. The molecule has 0 saturated carbocycles. The molecule has 0 aromatic carbocycles. The van der Waals surface area contributed by atoms with E-state index < -0.39 is 5.60 Å². The molecule has 1 amide bonds. The summed E-state index contributed by atoms with van der Waals surface area (Å²) in [7, 11) is 0. The lowest BCUT2D eigenvalue weighted by molar-refractivity contribution is 0.0194. The third-order valence-electron chi connectivity index (χ3n) is 3.57.